The largest absolute Gasteiger partial charge is 0.355 e. The number of benzene rings is 2. The van der Waals surface area contributed by atoms with E-state index in [1.165, 1.54) is 29.2 Å². The summed E-state index contributed by atoms with van der Waals surface area (Å²) in [6.45, 7) is 3.28. The van der Waals surface area contributed by atoms with Gasteiger partial charge in [0.05, 0.1) is 17.0 Å². The summed E-state index contributed by atoms with van der Waals surface area (Å²) in [5.74, 6) is -0.973. The van der Waals surface area contributed by atoms with Crippen LogP contribution in [0.3, 0.4) is 0 Å². The number of hydrogen-bond acceptors (Lipinski definition) is 4. The van der Waals surface area contributed by atoms with E-state index in [4.69, 9.17) is 46.4 Å². The van der Waals surface area contributed by atoms with E-state index in [-0.39, 0.29) is 23.2 Å². The SMILES string of the molecule is CCNC(=O)C(CC)N(Cc1ccc(Cl)cc1Cl)C(=O)CN(c1ccc(Cl)cc1Cl)S(C)(=O)=O. The first-order valence-corrected chi connectivity index (χ1v) is 13.7. The van der Waals surface area contributed by atoms with Crippen LogP contribution in [0.15, 0.2) is 36.4 Å². The highest BCUT2D eigenvalue weighted by Crippen LogP contribution is 2.31. The summed E-state index contributed by atoms with van der Waals surface area (Å²) in [6, 6.07) is 8.22. The van der Waals surface area contributed by atoms with E-state index in [1.807, 2.05) is 0 Å². The van der Waals surface area contributed by atoms with Gasteiger partial charge in [-0.2, -0.15) is 0 Å². The lowest BCUT2D eigenvalue weighted by Crippen LogP contribution is -2.52. The van der Waals surface area contributed by atoms with Gasteiger partial charge < -0.3 is 10.2 Å². The lowest BCUT2D eigenvalue weighted by atomic mass is 10.1. The van der Waals surface area contributed by atoms with Crippen LogP contribution in [0.2, 0.25) is 20.1 Å². The molecule has 2 aromatic carbocycles. The number of amides is 2. The Bertz CT molecular complexity index is 1160. The van der Waals surface area contributed by atoms with Crippen LogP contribution in [-0.4, -0.2) is 50.5 Å². The van der Waals surface area contributed by atoms with Crippen molar-refractivity contribution < 1.29 is 18.0 Å². The molecule has 0 bridgehead atoms. The van der Waals surface area contributed by atoms with Crippen molar-refractivity contribution in [1.82, 2.24) is 10.2 Å². The maximum Gasteiger partial charge on any atom is 0.244 e. The zero-order valence-corrected chi connectivity index (χ0v) is 22.7. The fourth-order valence-electron chi connectivity index (χ4n) is 3.32. The van der Waals surface area contributed by atoms with Crippen molar-refractivity contribution in [2.75, 3.05) is 23.7 Å². The van der Waals surface area contributed by atoms with Gasteiger partial charge in [-0.3, -0.25) is 13.9 Å². The maximum absolute atomic E-state index is 13.5. The highest BCUT2D eigenvalue weighted by molar-refractivity contribution is 7.92. The van der Waals surface area contributed by atoms with E-state index in [0.717, 1.165) is 10.6 Å². The second kappa shape index (κ2) is 12.3. The molecule has 0 spiro atoms. The number of anilines is 1. The quantitative estimate of drug-likeness (QED) is 0.436. The Morgan fingerprint density at radius 1 is 0.971 bits per heavy atom. The van der Waals surface area contributed by atoms with Crippen molar-refractivity contribution in [3.63, 3.8) is 0 Å². The molecule has 0 aliphatic carbocycles. The molecule has 1 atom stereocenters. The Labute approximate surface area is 220 Å². The summed E-state index contributed by atoms with van der Waals surface area (Å²) in [7, 11) is -3.92. The minimum absolute atomic E-state index is 0.0313. The number of carbonyl (C=O) groups excluding carboxylic acids is 2. The van der Waals surface area contributed by atoms with Gasteiger partial charge >= 0.3 is 0 Å². The molecule has 0 saturated carbocycles. The van der Waals surface area contributed by atoms with Gasteiger partial charge in [0.1, 0.15) is 12.6 Å². The molecule has 0 aliphatic heterocycles. The molecule has 0 radical (unpaired) electrons. The van der Waals surface area contributed by atoms with Gasteiger partial charge in [-0.05, 0) is 49.2 Å². The third-order valence-corrected chi connectivity index (χ3v) is 7.20. The molecule has 0 saturated heterocycles. The number of sulfonamides is 1. The number of hydrogen-bond donors (Lipinski definition) is 1. The summed E-state index contributed by atoms with van der Waals surface area (Å²) in [6.07, 6.45) is 1.26. The standard InChI is InChI=1S/C22H25Cl4N3O4S/c1-4-19(22(31)27-5-2)28(12-14-6-7-15(23)10-17(14)25)21(30)13-29(34(3,32)33)20-9-8-16(24)11-18(20)26/h6-11,19H,4-5,12-13H2,1-3H3,(H,27,31). The first kappa shape index (κ1) is 28.5. The monoisotopic (exact) mass is 567 g/mol. The van der Waals surface area contributed by atoms with E-state index in [9.17, 15) is 18.0 Å². The van der Waals surface area contributed by atoms with E-state index < -0.39 is 28.5 Å². The molecule has 2 rings (SSSR count). The molecule has 0 aliphatic rings. The van der Waals surface area contributed by atoms with Crippen LogP contribution in [0, 0.1) is 0 Å². The van der Waals surface area contributed by atoms with Crippen molar-refractivity contribution in [3.05, 3.63) is 62.1 Å². The van der Waals surface area contributed by atoms with Gasteiger partial charge in [-0.25, -0.2) is 8.42 Å². The van der Waals surface area contributed by atoms with E-state index in [1.54, 1.807) is 26.0 Å². The molecule has 1 N–H and O–H groups in total. The fraction of sp³-hybridized carbons (Fsp3) is 0.364. The van der Waals surface area contributed by atoms with Crippen LogP contribution >= 0.6 is 46.4 Å². The summed E-state index contributed by atoms with van der Waals surface area (Å²) in [5.41, 5.74) is 0.648. The number of likely N-dealkylation sites (N-methyl/N-ethyl adjacent to an activating group) is 1. The normalized spacial score (nSPS) is 12.2. The van der Waals surface area contributed by atoms with Gasteiger partial charge in [-0.15, -0.1) is 0 Å². The molecule has 12 heteroatoms. The molecule has 34 heavy (non-hydrogen) atoms. The molecule has 1 unspecified atom stereocenters. The van der Waals surface area contributed by atoms with E-state index in [2.05, 4.69) is 5.32 Å². The fourth-order valence-corrected chi connectivity index (χ4v) is 5.21. The average molecular weight is 569 g/mol. The van der Waals surface area contributed by atoms with Gasteiger partial charge in [0.25, 0.3) is 0 Å². The van der Waals surface area contributed by atoms with Crippen molar-refractivity contribution >= 4 is 73.9 Å². The van der Waals surface area contributed by atoms with Gasteiger partial charge in [-0.1, -0.05) is 59.4 Å². The zero-order chi connectivity index (χ0) is 25.6. The Kier molecular flexibility index (Phi) is 10.3. The molecule has 186 valence electrons. The molecular formula is C22H25Cl4N3O4S. The summed E-state index contributed by atoms with van der Waals surface area (Å²) < 4.78 is 26.1. The first-order chi connectivity index (χ1) is 15.9. The third kappa shape index (κ3) is 7.39. The molecule has 0 aromatic heterocycles. The van der Waals surface area contributed by atoms with E-state index in [0.29, 0.717) is 33.6 Å². The highest BCUT2D eigenvalue weighted by atomic mass is 35.5. The zero-order valence-electron chi connectivity index (χ0n) is 18.8. The van der Waals surface area contributed by atoms with Crippen molar-refractivity contribution in [3.8, 4) is 0 Å². The van der Waals surface area contributed by atoms with Crippen molar-refractivity contribution in [1.29, 1.82) is 0 Å². The molecule has 0 fully saturated rings. The Morgan fingerprint density at radius 2 is 1.56 bits per heavy atom. The van der Waals surface area contributed by atoms with Gasteiger partial charge in [0.2, 0.25) is 21.8 Å². The smallest absolute Gasteiger partial charge is 0.244 e. The number of nitrogens with zero attached hydrogens (tertiary/aromatic N) is 2. The number of carbonyl (C=O) groups is 2. The van der Waals surface area contributed by atoms with Crippen molar-refractivity contribution in [2.24, 2.45) is 0 Å². The number of halogens is 4. The second-order valence-corrected chi connectivity index (χ2v) is 11.0. The topological polar surface area (TPSA) is 86.8 Å². The molecule has 2 amide bonds. The second-order valence-electron chi connectivity index (χ2n) is 7.44. The van der Waals surface area contributed by atoms with Crippen LogP contribution in [0.25, 0.3) is 0 Å². The highest BCUT2D eigenvalue weighted by Gasteiger charge is 2.32. The van der Waals surface area contributed by atoms with Crippen LogP contribution < -0.4 is 9.62 Å². The number of rotatable bonds is 10. The lowest BCUT2D eigenvalue weighted by Gasteiger charge is -2.33. The molecule has 7 nitrogen and oxygen atoms in total. The minimum atomic E-state index is -3.92. The maximum atomic E-state index is 13.5. The summed E-state index contributed by atoms with van der Waals surface area (Å²) in [5, 5.41) is 3.83. The summed E-state index contributed by atoms with van der Waals surface area (Å²) in [4.78, 5) is 27.6. The molecular weight excluding hydrogens is 544 g/mol. The Morgan fingerprint density at radius 3 is 2.06 bits per heavy atom. The predicted molar refractivity (Wildman–Crippen MR) is 138 cm³/mol. The van der Waals surface area contributed by atoms with E-state index >= 15 is 0 Å². The third-order valence-electron chi connectivity index (χ3n) is 4.95. The summed E-state index contributed by atoms with van der Waals surface area (Å²) >= 11 is 24.5. The first-order valence-electron chi connectivity index (χ1n) is 10.3. The molecule has 0 heterocycles. The van der Waals surface area contributed by atoms with Gasteiger partial charge in [0, 0.05) is 28.2 Å². The van der Waals surface area contributed by atoms with Gasteiger partial charge in [0.15, 0.2) is 0 Å². The Hall–Kier alpha value is -1.71. The van der Waals surface area contributed by atoms with Crippen LogP contribution in [0.5, 0.6) is 0 Å². The van der Waals surface area contributed by atoms with Crippen LogP contribution in [0.4, 0.5) is 5.69 Å². The van der Waals surface area contributed by atoms with Crippen LogP contribution in [0.1, 0.15) is 25.8 Å². The minimum Gasteiger partial charge on any atom is -0.355 e. The lowest BCUT2D eigenvalue weighted by molar-refractivity contribution is -0.140. The molecule has 2 aromatic rings. The van der Waals surface area contributed by atoms with Crippen LogP contribution in [-0.2, 0) is 26.2 Å². The van der Waals surface area contributed by atoms with Crippen molar-refractivity contribution in [2.45, 2.75) is 32.9 Å². The number of nitrogens with one attached hydrogen (secondary N) is 1. The Balaban J connectivity index is 2.50. The average Bonchev–Trinajstić information content (AvgIpc) is 2.73. The predicted octanol–water partition coefficient (Wildman–Crippen LogP) is 5.01.